The number of hydrogen-bond donors (Lipinski definition) is 0. The van der Waals surface area contributed by atoms with E-state index in [9.17, 15) is 4.21 Å². The molecule has 5 heavy (non-hydrogen) atoms. The molecular formula is C3H9OS+. The zero-order valence-electron chi connectivity index (χ0n) is 10.4. The van der Waals surface area contributed by atoms with E-state index in [1.807, 2.05) is 0 Å². The van der Waals surface area contributed by atoms with Crippen LogP contribution >= 0.6 is 0 Å². The zero-order valence-corrected chi connectivity index (χ0v) is 3.21. The Kier molecular flexibility index (Phi) is 0.131. The molecule has 0 aliphatic carbocycles. The summed E-state index contributed by atoms with van der Waals surface area (Å²) in [6, 6.07) is 0. The highest BCUT2D eigenvalue weighted by Crippen LogP contribution is 1.78. The predicted octanol–water partition coefficient (Wildman–Crippen LogP) is 0.375. The minimum absolute atomic E-state index is 2.38. The molecule has 0 atom stereocenters. The van der Waals surface area contributed by atoms with Crippen molar-refractivity contribution in [2.75, 3.05) is 18.6 Å². The highest BCUT2D eigenvalue weighted by molar-refractivity contribution is 8.00. The highest BCUT2D eigenvalue weighted by atomic mass is 32.2. The molecule has 1 nitrogen and oxygen atoms in total. The minimum Gasteiger partial charge on any atom is -0.107 e. The lowest BCUT2D eigenvalue weighted by Crippen LogP contribution is -1.97. The van der Waals surface area contributed by atoms with Crippen molar-refractivity contribution in [3.8, 4) is 0 Å². The summed E-state index contributed by atoms with van der Waals surface area (Å²) in [4.78, 5) is 0. The lowest BCUT2D eigenvalue weighted by Gasteiger charge is -1.80. The summed E-state index contributed by atoms with van der Waals surface area (Å²) in [5.41, 5.74) is 0. The van der Waals surface area contributed by atoms with E-state index < -0.39 is 28.5 Å². The molecule has 0 spiro atoms. The van der Waals surface area contributed by atoms with E-state index in [4.69, 9.17) is 11.0 Å². The lowest BCUT2D eigenvalue weighted by atomic mass is 11.9. The maximum atomic E-state index is 11.4. The maximum absolute atomic E-state index is 11.4. The van der Waals surface area contributed by atoms with Gasteiger partial charge in [-0.1, -0.05) is 0 Å². The summed E-state index contributed by atoms with van der Waals surface area (Å²) < 4.78 is 65.2. The third-order valence-electron chi connectivity index (χ3n) is 0. The quantitative estimate of drug-likeness (QED) is 0.403. The van der Waals surface area contributed by atoms with Gasteiger partial charge in [0.1, 0.15) is 18.6 Å². The van der Waals surface area contributed by atoms with Gasteiger partial charge < -0.3 is 0 Å². The molecule has 0 N–H and O–H groups in total. The average molecular weight is 101 g/mol. The number of rotatable bonds is 0. The van der Waals surface area contributed by atoms with E-state index in [2.05, 4.69) is 0 Å². The summed E-state index contributed by atoms with van der Waals surface area (Å²) in [5.74, 6) is 0. The molecule has 0 saturated carbocycles. The topological polar surface area (TPSA) is 17.1 Å². The number of hydrogen-bond acceptors (Lipinski definition) is 1. The van der Waals surface area contributed by atoms with Crippen LogP contribution in [-0.2, 0) is 14.1 Å². The average Bonchev–Trinajstić information content (AvgIpc) is 1.80. The third kappa shape index (κ3) is 853. The van der Waals surface area contributed by atoms with Crippen LogP contribution < -0.4 is 0 Å². The van der Waals surface area contributed by atoms with E-state index in [-0.39, 0.29) is 0 Å². The summed E-state index contributed by atoms with van der Waals surface area (Å²) in [5, 5.41) is 0. The monoisotopic (exact) mass is 101 g/mol. The van der Waals surface area contributed by atoms with E-state index in [1.165, 1.54) is 0 Å². The van der Waals surface area contributed by atoms with Crippen LogP contribution in [0, 0.1) is 0 Å². The van der Waals surface area contributed by atoms with Crippen LogP contribution in [0.2, 0.25) is 0 Å². The molecule has 0 aromatic rings. The first-order valence-corrected chi connectivity index (χ1v) is 2.43. The standard InChI is InChI=1S/C3H9OS/c1-5(2,3)4/h1-3H3/q+1/i1D2,2D3,3D3. The van der Waals surface area contributed by atoms with Crippen LogP contribution in [0.15, 0.2) is 0 Å². The largest absolute Gasteiger partial charge is 0.107 e. The van der Waals surface area contributed by atoms with Crippen LogP contribution in [0.25, 0.3) is 0 Å². The molecule has 0 aliphatic heterocycles. The Hall–Kier alpha value is 0.150. The van der Waals surface area contributed by atoms with Crippen molar-refractivity contribution in [2.45, 2.75) is 0 Å². The van der Waals surface area contributed by atoms with E-state index >= 15 is 0 Å². The normalized spacial score (nSPS) is 41.0. The summed E-state index contributed by atoms with van der Waals surface area (Å²) >= 11 is 0. The summed E-state index contributed by atoms with van der Waals surface area (Å²) in [7, 11) is -4.50. The second-order valence-electron chi connectivity index (χ2n) is 0.601. The van der Waals surface area contributed by atoms with Crippen molar-refractivity contribution >= 4 is 9.93 Å². The van der Waals surface area contributed by atoms with Crippen LogP contribution in [0.5, 0.6) is 0 Å². The van der Waals surface area contributed by atoms with Crippen molar-refractivity contribution in [1.82, 2.24) is 0 Å². The van der Waals surface area contributed by atoms with Gasteiger partial charge in [-0.15, -0.1) is 4.21 Å². The van der Waals surface area contributed by atoms with Gasteiger partial charge >= 0.3 is 0 Å². The first kappa shape index (κ1) is 0.601. The van der Waals surface area contributed by atoms with E-state index in [1.54, 1.807) is 0 Å². The van der Waals surface area contributed by atoms with Gasteiger partial charge in [0.25, 0.3) is 0 Å². The van der Waals surface area contributed by atoms with Gasteiger partial charge in [0.2, 0.25) is 0 Å². The Morgan fingerprint density at radius 1 is 1.80 bits per heavy atom. The lowest BCUT2D eigenvalue weighted by molar-refractivity contribution is 0.594. The summed E-state index contributed by atoms with van der Waals surface area (Å²) in [6.45, 7) is 0. The second-order valence-corrected chi connectivity index (χ2v) is 1.80. The van der Waals surface area contributed by atoms with Gasteiger partial charge in [0.15, 0.2) is 0 Å². The molecule has 0 aromatic heterocycles. The first-order valence-electron chi connectivity index (χ1n) is 4.97. The Bertz CT molecular complexity index is 207. The molecule has 32 valence electrons. The smallest absolute Gasteiger partial charge is 0.101 e. The summed E-state index contributed by atoms with van der Waals surface area (Å²) in [6.07, 6.45) is -8.98. The molecule has 0 radical (unpaired) electrons. The molecule has 0 aliphatic rings. The second kappa shape index (κ2) is 1.09. The molecule has 0 saturated heterocycles. The van der Waals surface area contributed by atoms with Crippen LogP contribution in [0.1, 0.15) is 11.0 Å². The molecule has 0 bridgehead atoms. The van der Waals surface area contributed by atoms with Crippen molar-refractivity contribution in [2.24, 2.45) is 0 Å². The highest BCUT2D eigenvalue weighted by Gasteiger charge is 1.95. The van der Waals surface area contributed by atoms with Crippen LogP contribution in [-0.4, -0.2) is 18.6 Å². The Labute approximate surface area is 45.1 Å². The van der Waals surface area contributed by atoms with Crippen molar-refractivity contribution < 1.29 is 15.2 Å². The van der Waals surface area contributed by atoms with Gasteiger partial charge in [0.05, 0.1) is 20.9 Å². The van der Waals surface area contributed by atoms with Gasteiger partial charge in [0, 0.05) is 0 Å². The molecule has 2 heteroatoms. The molecular weight excluding hydrogens is 84.1 g/mol. The molecule has 0 heterocycles. The van der Waals surface area contributed by atoms with E-state index in [0.29, 0.717) is 0 Å². The molecule has 0 amide bonds. The zero-order chi connectivity index (χ0) is 11.1. The van der Waals surface area contributed by atoms with Crippen molar-refractivity contribution in [1.29, 1.82) is 0 Å². The van der Waals surface area contributed by atoms with Crippen molar-refractivity contribution in [3.63, 3.8) is 0 Å². The molecule has 0 unspecified atom stereocenters. The van der Waals surface area contributed by atoms with Gasteiger partial charge in [-0.25, -0.2) is 0 Å². The molecule has 0 rings (SSSR count). The van der Waals surface area contributed by atoms with Crippen LogP contribution in [0.3, 0.4) is 0 Å². The fraction of sp³-hybridized carbons (Fsp3) is 1.00. The molecule has 0 aromatic carbocycles. The third-order valence-corrected chi connectivity index (χ3v) is 0. The predicted molar refractivity (Wildman–Crippen MR) is 25.8 cm³/mol. The molecule has 0 fully saturated rings. The van der Waals surface area contributed by atoms with Crippen molar-refractivity contribution in [3.05, 3.63) is 0 Å². The Morgan fingerprint density at radius 2 is 2.40 bits per heavy atom. The van der Waals surface area contributed by atoms with E-state index in [0.717, 1.165) is 0 Å². The fourth-order valence-electron chi connectivity index (χ4n) is 0. The van der Waals surface area contributed by atoms with Gasteiger partial charge in [-0.3, -0.25) is 0 Å². The van der Waals surface area contributed by atoms with Gasteiger partial charge in [-0.05, 0) is 0 Å². The Morgan fingerprint density at radius 3 is 2.40 bits per heavy atom. The fourth-order valence-corrected chi connectivity index (χ4v) is 0. The SMILES string of the molecule is [2H]C([2H])[S+](=O)(C([2H])([2H])[2H])C([2H])([2H])[2H]. The minimum atomic E-state index is -4.50. The first-order chi connectivity index (χ1) is 5.44. The van der Waals surface area contributed by atoms with Crippen LogP contribution in [0.4, 0.5) is 0 Å². The maximum Gasteiger partial charge on any atom is 0.101 e. The van der Waals surface area contributed by atoms with Gasteiger partial charge in [-0.2, -0.15) is 0 Å². The Balaban J connectivity index is 5.37.